The molecular formula is C11H6BrFN2O3. The van der Waals surface area contributed by atoms with Crippen LogP contribution in [0.25, 0.3) is 0 Å². The van der Waals surface area contributed by atoms with E-state index < -0.39 is 10.7 Å². The van der Waals surface area contributed by atoms with Gasteiger partial charge in [0.2, 0.25) is 5.88 Å². The molecule has 0 unspecified atom stereocenters. The molecule has 0 bridgehead atoms. The van der Waals surface area contributed by atoms with Crippen LogP contribution in [0.2, 0.25) is 0 Å². The fourth-order valence-electron chi connectivity index (χ4n) is 1.24. The van der Waals surface area contributed by atoms with Gasteiger partial charge in [-0.1, -0.05) is 0 Å². The van der Waals surface area contributed by atoms with E-state index in [1.807, 2.05) is 0 Å². The van der Waals surface area contributed by atoms with E-state index >= 15 is 0 Å². The third-order valence-corrected chi connectivity index (χ3v) is 2.69. The SMILES string of the molecule is O=[N+]([O-])c1ccnc(Oc2cc(F)ccc2Br)c1. The van der Waals surface area contributed by atoms with Crippen LogP contribution in [-0.4, -0.2) is 9.91 Å². The molecule has 0 saturated carbocycles. The van der Waals surface area contributed by atoms with E-state index in [0.29, 0.717) is 4.47 Å². The molecule has 0 saturated heterocycles. The largest absolute Gasteiger partial charge is 0.437 e. The number of aromatic nitrogens is 1. The number of hydrogen-bond acceptors (Lipinski definition) is 4. The normalized spacial score (nSPS) is 10.1. The Kier molecular flexibility index (Phi) is 3.52. The molecule has 18 heavy (non-hydrogen) atoms. The Balaban J connectivity index is 2.31. The fraction of sp³-hybridized carbons (Fsp3) is 0. The van der Waals surface area contributed by atoms with Crippen LogP contribution in [0.1, 0.15) is 0 Å². The highest BCUT2D eigenvalue weighted by Gasteiger charge is 2.10. The van der Waals surface area contributed by atoms with E-state index in [0.717, 1.165) is 12.1 Å². The third kappa shape index (κ3) is 2.80. The standard InChI is InChI=1S/C11H6BrFN2O3/c12-9-2-1-7(13)5-10(9)18-11-6-8(15(16)17)3-4-14-11/h1-6H. The van der Waals surface area contributed by atoms with E-state index in [9.17, 15) is 14.5 Å². The molecule has 7 heteroatoms. The number of hydrogen-bond donors (Lipinski definition) is 0. The molecule has 0 aliphatic carbocycles. The fourth-order valence-corrected chi connectivity index (χ4v) is 1.56. The highest BCUT2D eigenvalue weighted by molar-refractivity contribution is 9.10. The van der Waals surface area contributed by atoms with Gasteiger partial charge in [-0.05, 0) is 28.1 Å². The molecule has 0 aliphatic rings. The summed E-state index contributed by atoms with van der Waals surface area (Å²) in [6.07, 6.45) is 1.25. The average Bonchev–Trinajstić information content (AvgIpc) is 2.34. The predicted molar refractivity (Wildman–Crippen MR) is 65.1 cm³/mol. The highest BCUT2D eigenvalue weighted by Crippen LogP contribution is 2.30. The molecule has 92 valence electrons. The first-order valence-electron chi connectivity index (χ1n) is 4.79. The molecule has 0 radical (unpaired) electrons. The van der Waals surface area contributed by atoms with Crippen LogP contribution in [0.3, 0.4) is 0 Å². The Hall–Kier alpha value is -2.02. The summed E-state index contributed by atoms with van der Waals surface area (Å²) >= 11 is 3.18. The first-order chi connectivity index (χ1) is 8.56. The van der Waals surface area contributed by atoms with Gasteiger partial charge in [0.15, 0.2) is 0 Å². The minimum Gasteiger partial charge on any atom is -0.437 e. The lowest BCUT2D eigenvalue weighted by atomic mass is 10.3. The molecule has 0 spiro atoms. The number of pyridine rings is 1. The number of nitro groups is 1. The number of benzene rings is 1. The molecule has 5 nitrogen and oxygen atoms in total. The zero-order valence-electron chi connectivity index (χ0n) is 8.84. The first-order valence-corrected chi connectivity index (χ1v) is 5.59. The van der Waals surface area contributed by atoms with Gasteiger partial charge < -0.3 is 4.74 Å². The Bertz CT molecular complexity index is 607. The number of rotatable bonds is 3. The molecule has 1 heterocycles. The van der Waals surface area contributed by atoms with Crippen LogP contribution < -0.4 is 4.74 Å². The van der Waals surface area contributed by atoms with Crippen molar-refractivity contribution in [2.24, 2.45) is 0 Å². The lowest BCUT2D eigenvalue weighted by Crippen LogP contribution is -1.92. The van der Waals surface area contributed by atoms with Crippen molar-refractivity contribution < 1.29 is 14.1 Å². The van der Waals surface area contributed by atoms with Crippen LogP contribution >= 0.6 is 15.9 Å². The molecule has 0 fully saturated rings. The molecule has 0 amide bonds. The van der Waals surface area contributed by atoms with E-state index in [1.165, 1.54) is 24.4 Å². The molecule has 2 rings (SSSR count). The van der Waals surface area contributed by atoms with E-state index in [4.69, 9.17) is 4.74 Å². The zero-order valence-corrected chi connectivity index (χ0v) is 10.4. The second kappa shape index (κ2) is 5.09. The summed E-state index contributed by atoms with van der Waals surface area (Å²) in [7, 11) is 0. The number of halogens is 2. The van der Waals surface area contributed by atoms with E-state index in [-0.39, 0.29) is 17.3 Å². The molecule has 1 aromatic carbocycles. The van der Waals surface area contributed by atoms with Gasteiger partial charge in [0.25, 0.3) is 5.69 Å². The topological polar surface area (TPSA) is 65.3 Å². The summed E-state index contributed by atoms with van der Waals surface area (Å²) in [5, 5.41) is 10.6. The summed E-state index contributed by atoms with van der Waals surface area (Å²) in [4.78, 5) is 13.8. The molecule has 2 aromatic rings. The van der Waals surface area contributed by atoms with Gasteiger partial charge in [-0.25, -0.2) is 9.37 Å². The zero-order chi connectivity index (χ0) is 13.1. The summed E-state index contributed by atoms with van der Waals surface area (Å²) in [6, 6.07) is 6.30. The van der Waals surface area contributed by atoms with Crippen molar-refractivity contribution in [1.29, 1.82) is 0 Å². The van der Waals surface area contributed by atoms with Crippen molar-refractivity contribution >= 4 is 21.6 Å². The highest BCUT2D eigenvalue weighted by atomic mass is 79.9. The second-order valence-corrected chi connectivity index (χ2v) is 4.14. The monoisotopic (exact) mass is 312 g/mol. The van der Waals surface area contributed by atoms with Crippen molar-refractivity contribution in [3.05, 3.63) is 56.9 Å². The first kappa shape index (κ1) is 12.4. The Morgan fingerprint density at radius 1 is 1.33 bits per heavy atom. The summed E-state index contributed by atoms with van der Waals surface area (Å²) in [5.41, 5.74) is -0.146. The molecule has 0 atom stereocenters. The van der Waals surface area contributed by atoms with Crippen LogP contribution in [0.4, 0.5) is 10.1 Å². The van der Waals surface area contributed by atoms with Crippen LogP contribution in [0.5, 0.6) is 11.6 Å². The maximum absolute atomic E-state index is 13.0. The molecular weight excluding hydrogens is 307 g/mol. The molecule has 0 N–H and O–H groups in total. The lowest BCUT2D eigenvalue weighted by Gasteiger charge is -2.06. The van der Waals surface area contributed by atoms with Gasteiger partial charge in [-0.3, -0.25) is 10.1 Å². The minimum atomic E-state index is -0.560. The van der Waals surface area contributed by atoms with E-state index in [1.54, 1.807) is 0 Å². The third-order valence-electron chi connectivity index (χ3n) is 2.04. The maximum atomic E-state index is 13.0. The average molecular weight is 313 g/mol. The Labute approximate surface area is 110 Å². The van der Waals surface area contributed by atoms with Crippen molar-refractivity contribution in [2.75, 3.05) is 0 Å². The minimum absolute atomic E-state index is 0.0236. The molecule has 0 aliphatic heterocycles. The van der Waals surface area contributed by atoms with E-state index in [2.05, 4.69) is 20.9 Å². The number of ether oxygens (including phenoxy) is 1. The number of nitrogens with zero attached hydrogens (tertiary/aromatic N) is 2. The van der Waals surface area contributed by atoms with Gasteiger partial charge in [0.1, 0.15) is 11.6 Å². The maximum Gasteiger partial charge on any atom is 0.276 e. The van der Waals surface area contributed by atoms with Gasteiger partial charge in [-0.15, -0.1) is 0 Å². The quantitative estimate of drug-likeness (QED) is 0.640. The summed E-state index contributed by atoms with van der Waals surface area (Å²) in [6.45, 7) is 0. The second-order valence-electron chi connectivity index (χ2n) is 3.29. The lowest BCUT2D eigenvalue weighted by molar-refractivity contribution is -0.385. The van der Waals surface area contributed by atoms with Gasteiger partial charge >= 0.3 is 0 Å². The van der Waals surface area contributed by atoms with Gasteiger partial charge in [-0.2, -0.15) is 0 Å². The summed E-state index contributed by atoms with van der Waals surface area (Å²) in [5.74, 6) is -0.253. The van der Waals surface area contributed by atoms with Crippen LogP contribution in [0.15, 0.2) is 41.0 Å². The molecule has 1 aromatic heterocycles. The predicted octanol–water partition coefficient (Wildman–Crippen LogP) is 3.68. The van der Waals surface area contributed by atoms with Crippen LogP contribution in [-0.2, 0) is 0 Å². The van der Waals surface area contributed by atoms with Gasteiger partial charge in [0, 0.05) is 18.3 Å². The smallest absolute Gasteiger partial charge is 0.276 e. The van der Waals surface area contributed by atoms with Crippen molar-refractivity contribution in [1.82, 2.24) is 4.98 Å². The van der Waals surface area contributed by atoms with Crippen molar-refractivity contribution in [2.45, 2.75) is 0 Å². The Morgan fingerprint density at radius 2 is 2.11 bits per heavy atom. The summed E-state index contributed by atoms with van der Waals surface area (Å²) < 4.78 is 18.8. The van der Waals surface area contributed by atoms with Crippen molar-refractivity contribution in [3.8, 4) is 11.6 Å². The van der Waals surface area contributed by atoms with Gasteiger partial charge in [0.05, 0.1) is 15.5 Å². The van der Waals surface area contributed by atoms with Crippen LogP contribution in [0, 0.1) is 15.9 Å². The van der Waals surface area contributed by atoms with Crippen molar-refractivity contribution in [3.63, 3.8) is 0 Å². The Morgan fingerprint density at radius 3 is 2.83 bits per heavy atom.